The fourth-order valence-electron chi connectivity index (χ4n) is 2.84. The average molecular weight is 283 g/mol. The second kappa shape index (κ2) is 7.28. The summed E-state index contributed by atoms with van der Waals surface area (Å²) in [6, 6.07) is 15.1. The predicted molar refractivity (Wildman–Crippen MR) is 89.3 cm³/mol. The van der Waals surface area contributed by atoms with Gasteiger partial charge in [-0.2, -0.15) is 0 Å². The lowest BCUT2D eigenvalue weighted by molar-refractivity contribution is 0.404. The van der Waals surface area contributed by atoms with Crippen LogP contribution in [0.25, 0.3) is 0 Å². The van der Waals surface area contributed by atoms with Crippen molar-refractivity contribution in [2.75, 3.05) is 20.7 Å². The van der Waals surface area contributed by atoms with Crippen molar-refractivity contribution in [1.82, 2.24) is 5.32 Å². The lowest BCUT2D eigenvalue weighted by Crippen LogP contribution is -2.19. The molecule has 1 unspecified atom stereocenters. The number of likely N-dealkylation sites (N-methyl/N-ethyl adjacent to an activating group) is 1. The molecule has 1 N–H and O–H groups in total. The molecule has 0 aliphatic heterocycles. The molecule has 0 fully saturated rings. The minimum Gasteiger partial charge on any atom is -0.496 e. The number of hydrogen-bond acceptors (Lipinski definition) is 2. The Morgan fingerprint density at radius 2 is 1.76 bits per heavy atom. The van der Waals surface area contributed by atoms with Gasteiger partial charge in [-0.25, -0.2) is 0 Å². The van der Waals surface area contributed by atoms with Crippen LogP contribution in [0.1, 0.15) is 28.2 Å². The molecule has 2 aromatic rings. The normalized spacial score (nSPS) is 12.2. The minimum atomic E-state index is 0.451. The molecule has 21 heavy (non-hydrogen) atoms. The van der Waals surface area contributed by atoms with Gasteiger partial charge in [-0.3, -0.25) is 0 Å². The molecule has 0 amide bonds. The molecule has 1 atom stereocenters. The molecule has 0 aromatic heterocycles. The van der Waals surface area contributed by atoms with Crippen molar-refractivity contribution in [2.24, 2.45) is 0 Å². The number of hydrogen-bond donors (Lipinski definition) is 1. The van der Waals surface area contributed by atoms with Gasteiger partial charge in [0.2, 0.25) is 0 Å². The van der Waals surface area contributed by atoms with E-state index in [1.54, 1.807) is 7.11 Å². The van der Waals surface area contributed by atoms with E-state index in [-0.39, 0.29) is 0 Å². The highest BCUT2D eigenvalue weighted by molar-refractivity contribution is 5.46. The Bertz CT molecular complexity index is 578. The van der Waals surface area contributed by atoms with E-state index in [0.29, 0.717) is 5.92 Å². The highest BCUT2D eigenvalue weighted by atomic mass is 16.5. The molecule has 0 heterocycles. The zero-order valence-electron chi connectivity index (χ0n) is 13.4. The number of aryl methyl sites for hydroxylation is 1. The van der Waals surface area contributed by atoms with Gasteiger partial charge in [0.25, 0.3) is 0 Å². The van der Waals surface area contributed by atoms with Crippen molar-refractivity contribution in [3.63, 3.8) is 0 Å². The Labute approximate surface area is 128 Å². The van der Waals surface area contributed by atoms with Gasteiger partial charge >= 0.3 is 0 Å². The van der Waals surface area contributed by atoms with Crippen LogP contribution < -0.4 is 10.1 Å². The Hall–Kier alpha value is -1.80. The minimum absolute atomic E-state index is 0.451. The van der Waals surface area contributed by atoms with E-state index in [4.69, 9.17) is 4.74 Å². The highest BCUT2D eigenvalue weighted by Gasteiger charge is 2.16. The van der Waals surface area contributed by atoms with Crippen molar-refractivity contribution in [1.29, 1.82) is 0 Å². The summed E-state index contributed by atoms with van der Waals surface area (Å²) in [5.41, 5.74) is 5.17. The van der Waals surface area contributed by atoms with E-state index in [2.05, 4.69) is 61.6 Å². The van der Waals surface area contributed by atoms with Crippen LogP contribution in [0.15, 0.2) is 42.5 Å². The van der Waals surface area contributed by atoms with E-state index in [0.717, 1.165) is 18.7 Å². The third-order valence-electron chi connectivity index (χ3n) is 4.15. The van der Waals surface area contributed by atoms with Gasteiger partial charge in [-0.05, 0) is 49.6 Å². The maximum Gasteiger partial charge on any atom is 0.125 e. The van der Waals surface area contributed by atoms with Gasteiger partial charge in [-0.15, -0.1) is 0 Å². The first-order valence-corrected chi connectivity index (χ1v) is 7.50. The van der Waals surface area contributed by atoms with Crippen LogP contribution >= 0.6 is 0 Å². The third kappa shape index (κ3) is 3.64. The van der Waals surface area contributed by atoms with Crippen molar-refractivity contribution >= 4 is 0 Å². The third-order valence-corrected chi connectivity index (χ3v) is 4.15. The number of methoxy groups -OCH3 is 1. The molecule has 0 saturated carbocycles. The molecule has 0 saturated heterocycles. The van der Waals surface area contributed by atoms with Crippen LogP contribution in [-0.2, 0) is 6.42 Å². The van der Waals surface area contributed by atoms with Crippen molar-refractivity contribution in [3.8, 4) is 5.75 Å². The number of benzene rings is 2. The van der Waals surface area contributed by atoms with Crippen LogP contribution in [0.4, 0.5) is 0 Å². The Kier molecular flexibility index (Phi) is 5.40. The Balaban J connectivity index is 2.31. The second-order valence-corrected chi connectivity index (χ2v) is 5.57. The molecular formula is C19H25NO. The van der Waals surface area contributed by atoms with Gasteiger partial charge in [-0.1, -0.05) is 42.5 Å². The molecule has 0 bridgehead atoms. The van der Waals surface area contributed by atoms with Crippen LogP contribution in [0, 0.1) is 13.8 Å². The smallest absolute Gasteiger partial charge is 0.125 e. The SMILES string of the molecule is CNCC(Cc1ccc(C)c(C)c1OC)c1ccccc1. The summed E-state index contributed by atoms with van der Waals surface area (Å²) in [5.74, 6) is 1.49. The topological polar surface area (TPSA) is 21.3 Å². The zero-order valence-corrected chi connectivity index (χ0v) is 13.4. The van der Waals surface area contributed by atoms with Gasteiger partial charge in [0.1, 0.15) is 5.75 Å². The summed E-state index contributed by atoms with van der Waals surface area (Å²) in [6.07, 6.45) is 0.981. The van der Waals surface area contributed by atoms with E-state index < -0.39 is 0 Å². The van der Waals surface area contributed by atoms with Crippen LogP contribution in [-0.4, -0.2) is 20.7 Å². The zero-order chi connectivity index (χ0) is 15.2. The summed E-state index contributed by atoms with van der Waals surface area (Å²) in [4.78, 5) is 0. The summed E-state index contributed by atoms with van der Waals surface area (Å²) < 4.78 is 5.65. The van der Waals surface area contributed by atoms with E-state index in [1.165, 1.54) is 22.3 Å². The maximum absolute atomic E-state index is 5.65. The van der Waals surface area contributed by atoms with Crippen LogP contribution in [0.2, 0.25) is 0 Å². The fourth-order valence-corrected chi connectivity index (χ4v) is 2.84. The number of ether oxygens (including phenoxy) is 1. The monoisotopic (exact) mass is 283 g/mol. The van der Waals surface area contributed by atoms with E-state index >= 15 is 0 Å². The van der Waals surface area contributed by atoms with Gasteiger partial charge in [0, 0.05) is 12.5 Å². The van der Waals surface area contributed by atoms with Crippen molar-refractivity contribution < 1.29 is 4.74 Å². The molecule has 2 nitrogen and oxygen atoms in total. The summed E-state index contributed by atoms with van der Waals surface area (Å²) in [7, 11) is 3.77. The highest BCUT2D eigenvalue weighted by Crippen LogP contribution is 2.30. The van der Waals surface area contributed by atoms with E-state index in [1.807, 2.05) is 7.05 Å². The first-order chi connectivity index (χ1) is 10.2. The van der Waals surface area contributed by atoms with E-state index in [9.17, 15) is 0 Å². The lowest BCUT2D eigenvalue weighted by Gasteiger charge is -2.20. The van der Waals surface area contributed by atoms with Crippen molar-refractivity contribution in [2.45, 2.75) is 26.2 Å². The molecule has 0 radical (unpaired) electrons. The van der Waals surface area contributed by atoms with Gasteiger partial charge in [0.15, 0.2) is 0 Å². The molecular weight excluding hydrogens is 258 g/mol. The molecule has 2 rings (SSSR count). The maximum atomic E-state index is 5.65. The first-order valence-electron chi connectivity index (χ1n) is 7.50. The average Bonchev–Trinajstić information content (AvgIpc) is 2.51. The molecule has 112 valence electrons. The number of nitrogens with one attached hydrogen (secondary N) is 1. The Morgan fingerprint density at radius 3 is 2.38 bits per heavy atom. The van der Waals surface area contributed by atoms with Crippen LogP contribution in [0.5, 0.6) is 5.75 Å². The lowest BCUT2D eigenvalue weighted by atomic mass is 9.90. The van der Waals surface area contributed by atoms with Crippen LogP contribution in [0.3, 0.4) is 0 Å². The fraction of sp³-hybridized carbons (Fsp3) is 0.368. The van der Waals surface area contributed by atoms with Gasteiger partial charge in [0.05, 0.1) is 7.11 Å². The largest absolute Gasteiger partial charge is 0.496 e. The summed E-state index contributed by atoms with van der Waals surface area (Å²) in [5, 5.41) is 3.31. The molecule has 0 aliphatic carbocycles. The first kappa shape index (κ1) is 15.6. The number of rotatable bonds is 6. The molecule has 0 aliphatic rings. The quantitative estimate of drug-likeness (QED) is 0.869. The second-order valence-electron chi connectivity index (χ2n) is 5.57. The summed E-state index contributed by atoms with van der Waals surface area (Å²) >= 11 is 0. The van der Waals surface area contributed by atoms with Crippen molar-refractivity contribution in [3.05, 3.63) is 64.7 Å². The molecule has 2 heteroatoms. The van der Waals surface area contributed by atoms with Gasteiger partial charge < -0.3 is 10.1 Å². The standard InChI is InChI=1S/C19H25NO/c1-14-10-11-17(19(21-4)15(14)2)12-18(13-20-3)16-8-6-5-7-9-16/h5-11,18,20H,12-13H2,1-4H3. The molecule has 2 aromatic carbocycles. The molecule has 0 spiro atoms. The Morgan fingerprint density at radius 1 is 1.05 bits per heavy atom. The summed E-state index contributed by atoms with van der Waals surface area (Å²) in [6.45, 7) is 5.22. The predicted octanol–water partition coefficient (Wildman–Crippen LogP) is 3.86.